The average Bonchev–Trinajstić information content (AvgIpc) is 2.34. The Morgan fingerprint density at radius 1 is 1.53 bits per heavy atom. The van der Waals surface area contributed by atoms with Crippen molar-refractivity contribution in [2.45, 2.75) is 18.9 Å². The van der Waals surface area contributed by atoms with Crippen molar-refractivity contribution in [1.29, 1.82) is 0 Å². The number of nitrogens with one attached hydrogen (secondary N) is 2. The number of rotatable bonds is 5. The standard InChI is InChI=1S/C11H18N2O4/c1-2-5-17-11(16)13-7-8-3-4-9(10(14)15)12-6-8/h2,8-9,12H,1,3-7H2,(H,13,16)(H,14,15). The van der Waals surface area contributed by atoms with Crippen LogP contribution in [0.1, 0.15) is 12.8 Å². The van der Waals surface area contributed by atoms with Crippen LogP contribution in [0.15, 0.2) is 12.7 Å². The molecule has 0 bridgehead atoms. The zero-order valence-corrected chi connectivity index (χ0v) is 9.65. The summed E-state index contributed by atoms with van der Waals surface area (Å²) in [5.41, 5.74) is 0. The largest absolute Gasteiger partial charge is 0.480 e. The van der Waals surface area contributed by atoms with Crippen LogP contribution in [0.25, 0.3) is 0 Å². The van der Waals surface area contributed by atoms with Crippen molar-refractivity contribution in [2.75, 3.05) is 19.7 Å². The molecule has 0 aromatic heterocycles. The van der Waals surface area contributed by atoms with E-state index in [-0.39, 0.29) is 12.5 Å². The quantitative estimate of drug-likeness (QED) is 0.605. The summed E-state index contributed by atoms with van der Waals surface area (Å²) >= 11 is 0. The normalized spacial score (nSPS) is 23.8. The molecule has 2 atom stereocenters. The minimum atomic E-state index is -0.818. The van der Waals surface area contributed by atoms with Gasteiger partial charge in [0.1, 0.15) is 12.6 Å². The van der Waals surface area contributed by atoms with Crippen LogP contribution < -0.4 is 10.6 Å². The van der Waals surface area contributed by atoms with Crippen LogP contribution in [0.5, 0.6) is 0 Å². The van der Waals surface area contributed by atoms with Gasteiger partial charge in [-0.15, -0.1) is 0 Å². The highest BCUT2D eigenvalue weighted by atomic mass is 16.5. The van der Waals surface area contributed by atoms with Gasteiger partial charge in [-0.25, -0.2) is 4.79 Å². The Bertz CT molecular complexity index is 285. The number of piperidine rings is 1. The lowest BCUT2D eigenvalue weighted by Crippen LogP contribution is -2.46. The Morgan fingerprint density at radius 3 is 2.82 bits per heavy atom. The zero-order chi connectivity index (χ0) is 12.7. The summed E-state index contributed by atoms with van der Waals surface area (Å²) in [5, 5.41) is 14.3. The molecule has 0 aromatic rings. The van der Waals surface area contributed by atoms with Crippen LogP contribution in [0.4, 0.5) is 4.79 Å². The first kappa shape index (κ1) is 13.5. The highest BCUT2D eigenvalue weighted by molar-refractivity contribution is 5.73. The van der Waals surface area contributed by atoms with E-state index in [1.54, 1.807) is 0 Å². The van der Waals surface area contributed by atoms with Crippen molar-refractivity contribution in [1.82, 2.24) is 10.6 Å². The lowest BCUT2D eigenvalue weighted by atomic mass is 9.95. The molecule has 1 saturated heterocycles. The van der Waals surface area contributed by atoms with Gasteiger partial charge in [-0.3, -0.25) is 4.79 Å². The highest BCUT2D eigenvalue weighted by Crippen LogP contribution is 2.13. The predicted molar refractivity (Wildman–Crippen MR) is 61.7 cm³/mol. The maximum Gasteiger partial charge on any atom is 0.407 e. The number of carboxylic acids is 1. The first-order chi connectivity index (χ1) is 8.13. The topological polar surface area (TPSA) is 87.7 Å². The molecule has 17 heavy (non-hydrogen) atoms. The Labute approximate surface area is 100 Å². The second-order valence-corrected chi connectivity index (χ2v) is 4.01. The third-order valence-electron chi connectivity index (χ3n) is 2.68. The van der Waals surface area contributed by atoms with Crippen molar-refractivity contribution < 1.29 is 19.4 Å². The molecule has 1 aliphatic rings. The summed E-state index contributed by atoms with van der Waals surface area (Å²) in [5.74, 6) is -0.566. The summed E-state index contributed by atoms with van der Waals surface area (Å²) in [7, 11) is 0. The maximum absolute atomic E-state index is 11.1. The van der Waals surface area contributed by atoms with Gasteiger partial charge in [0.2, 0.25) is 0 Å². The number of aliphatic carboxylic acids is 1. The molecule has 3 N–H and O–H groups in total. The van der Waals surface area contributed by atoms with E-state index in [0.717, 1.165) is 6.42 Å². The molecule has 0 spiro atoms. The Balaban J connectivity index is 2.15. The summed E-state index contributed by atoms with van der Waals surface area (Å²) < 4.78 is 4.76. The van der Waals surface area contributed by atoms with E-state index in [1.807, 2.05) is 0 Å². The molecule has 1 fully saturated rings. The van der Waals surface area contributed by atoms with Gasteiger partial charge in [-0.2, -0.15) is 0 Å². The first-order valence-corrected chi connectivity index (χ1v) is 5.61. The fourth-order valence-electron chi connectivity index (χ4n) is 1.71. The van der Waals surface area contributed by atoms with E-state index in [1.165, 1.54) is 6.08 Å². The van der Waals surface area contributed by atoms with Gasteiger partial charge in [-0.05, 0) is 18.8 Å². The molecule has 96 valence electrons. The first-order valence-electron chi connectivity index (χ1n) is 5.61. The molecule has 6 heteroatoms. The lowest BCUT2D eigenvalue weighted by molar-refractivity contribution is -0.140. The minimum Gasteiger partial charge on any atom is -0.480 e. The number of amides is 1. The molecule has 0 radical (unpaired) electrons. The zero-order valence-electron chi connectivity index (χ0n) is 9.65. The third-order valence-corrected chi connectivity index (χ3v) is 2.68. The van der Waals surface area contributed by atoms with Crippen LogP contribution in [-0.4, -0.2) is 42.9 Å². The average molecular weight is 242 g/mol. The van der Waals surface area contributed by atoms with Crippen LogP contribution in [0, 0.1) is 5.92 Å². The molecule has 1 aliphatic heterocycles. The third kappa shape index (κ3) is 4.86. The van der Waals surface area contributed by atoms with Gasteiger partial charge in [-0.1, -0.05) is 12.7 Å². The van der Waals surface area contributed by atoms with Crippen molar-refractivity contribution in [3.05, 3.63) is 12.7 Å². The molecular weight excluding hydrogens is 224 g/mol. The number of hydrogen-bond donors (Lipinski definition) is 3. The molecule has 0 saturated carbocycles. The molecule has 1 amide bonds. The molecule has 2 unspecified atom stereocenters. The number of hydrogen-bond acceptors (Lipinski definition) is 4. The smallest absolute Gasteiger partial charge is 0.407 e. The summed E-state index contributed by atoms with van der Waals surface area (Å²) in [4.78, 5) is 21.8. The highest BCUT2D eigenvalue weighted by Gasteiger charge is 2.25. The van der Waals surface area contributed by atoms with Crippen molar-refractivity contribution in [3.8, 4) is 0 Å². The molecule has 1 heterocycles. The van der Waals surface area contributed by atoms with Gasteiger partial charge < -0.3 is 20.5 Å². The molecule has 1 rings (SSSR count). The number of carbonyl (C=O) groups is 2. The Morgan fingerprint density at radius 2 is 2.29 bits per heavy atom. The van der Waals surface area contributed by atoms with Crippen LogP contribution >= 0.6 is 0 Å². The van der Waals surface area contributed by atoms with Gasteiger partial charge in [0.05, 0.1) is 0 Å². The van der Waals surface area contributed by atoms with Crippen LogP contribution in [-0.2, 0) is 9.53 Å². The van der Waals surface area contributed by atoms with E-state index in [9.17, 15) is 9.59 Å². The Hall–Kier alpha value is -1.56. The minimum absolute atomic E-state index is 0.190. The molecule has 0 aliphatic carbocycles. The maximum atomic E-state index is 11.1. The van der Waals surface area contributed by atoms with Crippen LogP contribution in [0.3, 0.4) is 0 Å². The fourth-order valence-corrected chi connectivity index (χ4v) is 1.71. The van der Waals surface area contributed by atoms with E-state index in [2.05, 4.69) is 17.2 Å². The number of alkyl carbamates (subject to hydrolysis) is 1. The van der Waals surface area contributed by atoms with E-state index < -0.39 is 18.1 Å². The molecule has 0 aromatic carbocycles. The number of carboxylic acid groups (broad SMARTS) is 1. The van der Waals surface area contributed by atoms with Gasteiger partial charge >= 0.3 is 12.1 Å². The molecular formula is C11H18N2O4. The van der Waals surface area contributed by atoms with Crippen molar-refractivity contribution in [2.24, 2.45) is 5.92 Å². The SMILES string of the molecule is C=CCOC(=O)NCC1CCC(C(=O)O)NC1. The number of carbonyl (C=O) groups excluding carboxylic acids is 1. The molecule has 6 nitrogen and oxygen atoms in total. The fraction of sp³-hybridized carbons (Fsp3) is 0.636. The van der Waals surface area contributed by atoms with Crippen LogP contribution in [0.2, 0.25) is 0 Å². The summed E-state index contributed by atoms with van der Waals surface area (Å²) in [6.45, 7) is 4.72. The van der Waals surface area contributed by atoms with Gasteiger partial charge in [0.25, 0.3) is 0 Å². The van der Waals surface area contributed by atoms with Crippen molar-refractivity contribution in [3.63, 3.8) is 0 Å². The van der Waals surface area contributed by atoms with E-state index >= 15 is 0 Å². The van der Waals surface area contributed by atoms with E-state index in [0.29, 0.717) is 19.5 Å². The summed E-state index contributed by atoms with van der Waals surface area (Å²) in [6, 6.07) is -0.459. The second kappa shape index (κ2) is 6.90. The van der Waals surface area contributed by atoms with Gasteiger partial charge in [0, 0.05) is 13.1 Å². The number of ether oxygens (including phenoxy) is 1. The Kier molecular flexibility index (Phi) is 5.48. The summed E-state index contributed by atoms with van der Waals surface area (Å²) in [6.07, 6.45) is 2.40. The lowest BCUT2D eigenvalue weighted by Gasteiger charge is -2.27. The van der Waals surface area contributed by atoms with E-state index in [4.69, 9.17) is 9.84 Å². The second-order valence-electron chi connectivity index (χ2n) is 4.01. The monoisotopic (exact) mass is 242 g/mol. The van der Waals surface area contributed by atoms with Gasteiger partial charge in [0.15, 0.2) is 0 Å². The predicted octanol–water partition coefficient (Wildman–Crippen LogP) is 0.351. The van der Waals surface area contributed by atoms with Crippen molar-refractivity contribution >= 4 is 12.1 Å².